The lowest BCUT2D eigenvalue weighted by atomic mass is 10.1. The number of methoxy groups -OCH3 is 1. The predicted molar refractivity (Wildman–Crippen MR) is 96.4 cm³/mol. The Labute approximate surface area is 153 Å². The van der Waals surface area contributed by atoms with Crippen molar-refractivity contribution in [3.8, 4) is 17.2 Å². The lowest BCUT2D eigenvalue weighted by Crippen LogP contribution is -2.35. The standard InChI is InChI=1S/C19H21NO5S/c1-13-11-15(23-2)4-6-18(13)26(21,22)20-19(7-8-19)14-3-5-16-17(12-14)25-10-9-24-16/h3-6,11-12,20H,7-10H2,1-2H3. The van der Waals surface area contributed by atoms with Crippen LogP contribution in [-0.4, -0.2) is 28.7 Å². The first-order valence-electron chi connectivity index (χ1n) is 8.52. The highest BCUT2D eigenvalue weighted by atomic mass is 32.2. The fourth-order valence-corrected chi connectivity index (χ4v) is 4.95. The van der Waals surface area contributed by atoms with E-state index in [9.17, 15) is 8.42 Å². The summed E-state index contributed by atoms with van der Waals surface area (Å²) in [5.41, 5.74) is 0.965. The maximum atomic E-state index is 13.0. The molecule has 1 aliphatic heterocycles. The van der Waals surface area contributed by atoms with Crippen LogP contribution in [-0.2, 0) is 15.6 Å². The minimum absolute atomic E-state index is 0.266. The Bertz CT molecular complexity index is 950. The van der Waals surface area contributed by atoms with Crippen molar-refractivity contribution in [1.82, 2.24) is 4.72 Å². The Morgan fingerprint density at radius 3 is 2.42 bits per heavy atom. The van der Waals surface area contributed by atoms with E-state index in [0.717, 1.165) is 18.4 Å². The molecule has 0 saturated heterocycles. The first-order chi connectivity index (χ1) is 12.4. The van der Waals surface area contributed by atoms with Gasteiger partial charge >= 0.3 is 0 Å². The minimum Gasteiger partial charge on any atom is -0.497 e. The maximum Gasteiger partial charge on any atom is 0.241 e. The second-order valence-corrected chi connectivity index (χ2v) is 8.33. The zero-order valence-electron chi connectivity index (χ0n) is 14.7. The largest absolute Gasteiger partial charge is 0.497 e. The number of nitrogens with one attached hydrogen (secondary N) is 1. The number of sulfonamides is 1. The second kappa shape index (κ2) is 6.17. The van der Waals surface area contributed by atoms with Gasteiger partial charge in [0.25, 0.3) is 0 Å². The van der Waals surface area contributed by atoms with Gasteiger partial charge in [0.1, 0.15) is 19.0 Å². The molecule has 0 unspecified atom stereocenters. The molecule has 2 aliphatic rings. The number of benzene rings is 2. The maximum absolute atomic E-state index is 13.0. The highest BCUT2D eigenvalue weighted by Gasteiger charge is 2.48. The van der Waals surface area contributed by atoms with Crippen LogP contribution >= 0.6 is 0 Å². The minimum atomic E-state index is -3.66. The van der Waals surface area contributed by atoms with Crippen molar-refractivity contribution in [2.75, 3.05) is 20.3 Å². The van der Waals surface area contributed by atoms with Gasteiger partial charge in [-0.25, -0.2) is 13.1 Å². The molecule has 4 rings (SSSR count). The molecule has 0 atom stereocenters. The molecule has 1 heterocycles. The van der Waals surface area contributed by atoms with Crippen LogP contribution in [0.1, 0.15) is 24.0 Å². The van der Waals surface area contributed by atoms with Crippen LogP contribution in [0, 0.1) is 6.92 Å². The molecule has 1 N–H and O–H groups in total. The van der Waals surface area contributed by atoms with Crippen molar-refractivity contribution in [2.45, 2.75) is 30.2 Å². The Morgan fingerprint density at radius 2 is 1.77 bits per heavy atom. The molecule has 0 aromatic heterocycles. The first-order valence-corrected chi connectivity index (χ1v) is 10.0. The van der Waals surface area contributed by atoms with Gasteiger partial charge in [-0.2, -0.15) is 0 Å². The summed E-state index contributed by atoms with van der Waals surface area (Å²) >= 11 is 0. The molecule has 0 bridgehead atoms. The molecular formula is C19H21NO5S. The second-order valence-electron chi connectivity index (χ2n) is 6.68. The van der Waals surface area contributed by atoms with Gasteiger partial charge in [0.05, 0.1) is 17.5 Å². The van der Waals surface area contributed by atoms with E-state index in [-0.39, 0.29) is 4.90 Å². The van der Waals surface area contributed by atoms with Crippen molar-refractivity contribution >= 4 is 10.0 Å². The van der Waals surface area contributed by atoms with E-state index < -0.39 is 15.6 Å². The third-order valence-electron chi connectivity index (χ3n) is 4.85. The molecule has 0 amide bonds. The summed E-state index contributed by atoms with van der Waals surface area (Å²) in [4.78, 5) is 0.266. The zero-order valence-corrected chi connectivity index (χ0v) is 15.6. The highest BCUT2D eigenvalue weighted by Crippen LogP contribution is 2.48. The Balaban J connectivity index is 1.64. The van der Waals surface area contributed by atoms with Crippen LogP contribution < -0.4 is 18.9 Å². The fraction of sp³-hybridized carbons (Fsp3) is 0.368. The van der Waals surface area contributed by atoms with Crippen LogP contribution in [0.2, 0.25) is 0 Å². The van der Waals surface area contributed by atoms with Gasteiger partial charge in [0.15, 0.2) is 11.5 Å². The number of rotatable bonds is 5. The van der Waals surface area contributed by atoms with E-state index in [4.69, 9.17) is 14.2 Å². The molecule has 7 heteroatoms. The van der Waals surface area contributed by atoms with E-state index >= 15 is 0 Å². The molecule has 2 aromatic rings. The van der Waals surface area contributed by atoms with Crippen molar-refractivity contribution in [2.24, 2.45) is 0 Å². The summed E-state index contributed by atoms with van der Waals surface area (Å²) in [5.74, 6) is 2.00. The first kappa shape index (κ1) is 17.2. The molecule has 2 aromatic carbocycles. The van der Waals surface area contributed by atoms with Crippen LogP contribution in [0.4, 0.5) is 0 Å². The molecule has 26 heavy (non-hydrogen) atoms. The van der Waals surface area contributed by atoms with Gasteiger partial charge in [-0.1, -0.05) is 6.07 Å². The summed E-state index contributed by atoms with van der Waals surface area (Å²) in [6.07, 6.45) is 1.50. The summed E-state index contributed by atoms with van der Waals surface area (Å²) < 4.78 is 45.2. The zero-order chi connectivity index (χ0) is 18.4. The molecule has 138 valence electrons. The van der Waals surface area contributed by atoms with Crippen LogP contribution in [0.5, 0.6) is 17.2 Å². The van der Waals surface area contributed by atoms with E-state index in [1.807, 2.05) is 18.2 Å². The smallest absolute Gasteiger partial charge is 0.241 e. The van der Waals surface area contributed by atoms with E-state index in [2.05, 4.69) is 4.72 Å². The number of ether oxygens (including phenoxy) is 3. The predicted octanol–water partition coefficient (Wildman–Crippen LogP) is 2.74. The van der Waals surface area contributed by atoms with Crippen molar-refractivity contribution in [1.29, 1.82) is 0 Å². The van der Waals surface area contributed by atoms with E-state index in [1.165, 1.54) is 0 Å². The molecule has 0 spiro atoms. The fourth-order valence-electron chi connectivity index (χ4n) is 3.28. The summed E-state index contributed by atoms with van der Waals surface area (Å²) in [5, 5.41) is 0. The number of hydrogen-bond donors (Lipinski definition) is 1. The van der Waals surface area contributed by atoms with Crippen molar-refractivity contribution < 1.29 is 22.6 Å². The van der Waals surface area contributed by atoms with E-state index in [0.29, 0.717) is 36.0 Å². The number of hydrogen-bond acceptors (Lipinski definition) is 5. The van der Waals surface area contributed by atoms with Crippen LogP contribution in [0.15, 0.2) is 41.3 Å². The SMILES string of the molecule is COc1ccc(S(=O)(=O)NC2(c3ccc4c(c3)OCCO4)CC2)c(C)c1. The van der Waals surface area contributed by atoms with Gasteiger partial charge in [0.2, 0.25) is 10.0 Å². The lowest BCUT2D eigenvalue weighted by Gasteiger charge is -2.23. The van der Waals surface area contributed by atoms with Gasteiger partial charge in [-0.15, -0.1) is 0 Å². The van der Waals surface area contributed by atoms with Gasteiger partial charge < -0.3 is 14.2 Å². The summed E-state index contributed by atoms with van der Waals surface area (Å²) in [6, 6.07) is 10.6. The lowest BCUT2D eigenvalue weighted by molar-refractivity contribution is 0.171. The third kappa shape index (κ3) is 3.01. The molecule has 0 radical (unpaired) electrons. The topological polar surface area (TPSA) is 73.9 Å². The van der Waals surface area contributed by atoms with Crippen LogP contribution in [0.25, 0.3) is 0 Å². The average molecular weight is 375 g/mol. The van der Waals surface area contributed by atoms with E-state index in [1.54, 1.807) is 32.2 Å². The summed E-state index contributed by atoms with van der Waals surface area (Å²) in [7, 11) is -2.10. The molecule has 1 saturated carbocycles. The normalized spacial score (nSPS) is 17.6. The molecule has 1 aliphatic carbocycles. The highest BCUT2D eigenvalue weighted by molar-refractivity contribution is 7.89. The Kier molecular flexibility index (Phi) is 4.08. The average Bonchev–Trinajstić information content (AvgIpc) is 3.40. The van der Waals surface area contributed by atoms with Crippen molar-refractivity contribution in [3.05, 3.63) is 47.5 Å². The van der Waals surface area contributed by atoms with Crippen LogP contribution in [0.3, 0.4) is 0 Å². The quantitative estimate of drug-likeness (QED) is 0.870. The molecule has 6 nitrogen and oxygen atoms in total. The monoisotopic (exact) mass is 375 g/mol. The number of aryl methyl sites for hydroxylation is 1. The Hall–Kier alpha value is -2.25. The van der Waals surface area contributed by atoms with Crippen molar-refractivity contribution in [3.63, 3.8) is 0 Å². The molecular weight excluding hydrogens is 354 g/mol. The Morgan fingerprint density at radius 1 is 1.04 bits per heavy atom. The molecule has 1 fully saturated rings. The van der Waals surface area contributed by atoms with Gasteiger partial charge in [0, 0.05) is 0 Å². The third-order valence-corrected chi connectivity index (χ3v) is 6.54. The summed E-state index contributed by atoms with van der Waals surface area (Å²) in [6.45, 7) is 2.79. The number of fused-ring (bicyclic) bond motifs is 1. The van der Waals surface area contributed by atoms with Gasteiger partial charge in [-0.3, -0.25) is 0 Å². The van der Waals surface area contributed by atoms with Gasteiger partial charge in [-0.05, 0) is 61.2 Å².